The molecule has 0 saturated carbocycles. The van der Waals surface area contributed by atoms with Crippen molar-refractivity contribution in [3.8, 4) is 0 Å². The van der Waals surface area contributed by atoms with E-state index in [-0.39, 0.29) is 18.0 Å². The zero-order valence-corrected chi connectivity index (χ0v) is 11.8. The Kier molecular flexibility index (Phi) is 6.60. The molecule has 1 heterocycles. The molecule has 5 nitrogen and oxygen atoms in total. The molecule has 1 amide bonds. The molecule has 1 rings (SSSR count). The zero-order valence-electron chi connectivity index (χ0n) is 11.8. The van der Waals surface area contributed by atoms with Crippen molar-refractivity contribution in [3.05, 3.63) is 0 Å². The molecule has 106 valence electrons. The molecule has 5 heteroatoms. The number of nitrogens with zero attached hydrogens (tertiary/aromatic N) is 1. The van der Waals surface area contributed by atoms with E-state index in [1.807, 2.05) is 20.9 Å². The maximum absolute atomic E-state index is 11.4. The molecule has 0 aromatic heterocycles. The monoisotopic (exact) mass is 257 g/mol. The summed E-state index contributed by atoms with van der Waals surface area (Å²) in [5.74, 6) is -0.292. The number of primary amides is 1. The lowest BCUT2D eigenvalue weighted by Crippen LogP contribution is -2.51. The van der Waals surface area contributed by atoms with Crippen LogP contribution in [0.5, 0.6) is 0 Å². The highest BCUT2D eigenvalue weighted by Gasteiger charge is 2.21. The van der Waals surface area contributed by atoms with E-state index >= 15 is 0 Å². The van der Waals surface area contributed by atoms with E-state index in [1.165, 1.54) is 12.8 Å². The summed E-state index contributed by atoms with van der Waals surface area (Å²) >= 11 is 0. The molecule has 0 aromatic carbocycles. The molecule has 0 spiro atoms. The van der Waals surface area contributed by atoms with Gasteiger partial charge in [0.1, 0.15) is 0 Å². The summed E-state index contributed by atoms with van der Waals surface area (Å²) in [5.41, 5.74) is 5.41. The quantitative estimate of drug-likeness (QED) is 0.690. The van der Waals surface area contributed by atoms with E-state index in [1.54, 1.807) is 0 Å². The highest BCUT2D eigenvalue weighted by molar-refractivity contribution is 5.80. The van der Waals surface area contributed by atoms with Crippen LogP contribution < -0.4 is 11.1 Å². The molecule has 2 atom stereocenters. The normalized spacial score (nSPS) is 22.4. The van der Waals surface area contributed by atoms with Crippen LogP contribution in [0.2, 0.25) is 0 Å². The van der Waals surface area contributed by atoms with Crippen LogP contribution in [-0.2, 0) is 9.53 Å². The summed E-state index contributed by atoms with van der Waals surface area (Å²) < 4.78 is 5.69. The molecular weight excluding hydrogens is 230 g/mol. The van der Waals surface area contributed by atoms with Crippen molar-refractivity contribution in [1.82, 2.24) is 10.2 Å². The molecule has 18 heavy (non-hydrogen) atoms. The Bertz CT molecular complexity index is 253. The fourth-order valence-electron chi connectivity index (χ4n) is 2.31. The van der Waals surface area contributed by atoms with Gasteiger partial charge in [-0.1, -0.05) is 13.8 Å². The van der Waals surface area contributed by atoms with E-state index in [4.69, 9.17) is 10.5 Å². The van der Waals surface area contributed by atoms with Crippen molar-refractivity contribution in [3.63, 3.8) is 0 Å². The number of nitrogens with two attached hydrogens (primary N) is 1. The van der Waals surface area contributed by atoms with Gasteiger partial charge in [-0.3, -0.25) is 4.79 Å². The second kappa shape index (κ2) is 7.71. The Morgan fingerprint density at radius 2 is 2.22 bits per heavy atom. The number of ether oxygens (including phenoxy) is 1. The minimum absolute atomic E-state index is 0.252. The smallest absolute Gasteiger partial charge is 0.235 e. The van der Waals surface area contributed by atoms with Crippen LogP contribution in [0.4, 0.5) is 0 Å². The van der Waals surface area contributed by atoms with Crippen molar-refractivity contribution in [1.29, 1.82) is 0 Å². The molecule has 3 N–H and O–H groups in total. The molecule has 0 radical (unpaired) electrons. The number of carbonyl (C=O) groups excluding carboxylic acids is 1. The lowest BCUT2D eigenvalue weighted by Gasteiger charge is -2.29. The van der Waals surface area contributed by atoms with Gasteiger partial charge in [0.25, 0.3) is 0 Å². The third kappa shape index (κ3) is 5.80. The average molecular weight is 257 g/mol. The largest absolute Gasteiger partial charge is 0.377 e. The first kappa shape index (κ1) is 15.4. The first-order valence-electron chi connectivity index (χ1n) is 6.84. The summed E-state index contributed by atoms with van der Waals surface area (Å²) in [5, 5.41) is 3.19. The van der Waals surface area contributed by atoms with Gasteiger partial charge in [-0.05, 0) is 26.3 Å². The molecule has 1 saturated heterocycles. The number of nitrogens with one attached hydrogen (secondary N) is 1. The van der Waals surface area contributed by atoms with E-state index < -0.39 is 0 Å². The Morgan fingerprint density at radius 1 is 1.50 bits per heavy atom. The predicted molar refractivity (Wildman–Crippen MR) is 72.3 cm³/mol. The van der Waals surface area contributed by atoms with Gasteiger partial charge in [0, 0.05) is 25.7 Å². The summed E-state index contributed by atoms with van der Waals surface area (Å²) in [6.45, 7) is 6.39. The van der Waals surface area contributed by atoms with Crippen LogP contribution in [0, 0.1) is 0 Å². The Labute approximate surface area is 110 Å². The Morgan fingerprint density at radius 3 is 2.72 bits per heavy atom. The van der Waals surface area contributed by atoms with E-state index in [0.29, 0.717) is 12.6 Å². The van der Waals surface area contributed by atoms with Crippen LogP contribution in [0.15, 0.2) is 0 Å². The molecule has 2 unspecified atom stereocenters. The summed E-state index contributed by atoms with van der Waals surface area (Å²) in [7, 11) is 2.01. The van der Waals surface area contributed by atoms with Crippen LogP contribution in [-0.4, -0.2) is 55.7 Å². The first-order valence-corrected chi connectivity index (χ1v) is 6.84. The molecule has 1 aliphatic rings. The lowest BCUT2D eigenvalue weighted by atomic mass is 10.1. The fourth-order valence-corrected chi connectivity index (χ4v) is 2.31. The van der Waals surface area contributed by atoms with E-state index in [9.17, 15) is 4.79 Å². The highest BCUT2D eigenvalue weighted by Crippen LogP contribution is 2.13. The maximum Gasteiger partial charge on any atom is 0.235 e. The molecular formula is C13H27N3O2. The molecule has 0 aliphatic carbocycles. The second-order valence-corrected chi connectivity index (χ2v) is 5.49. The molecule has 0 aromatic rings. The number of amides is 1. The van der Waals surface area contributed by atoms with Gasteiger partial charge >= 0.3 is 0 Å². The Balaban J connectivity index is 2.35. The van der Waals surface area contributed by atoms with Crippen LogP contribution in [0.25, 0.3) is 0 Å². The summed E-state index contributed by atoms with van der Waals surface area (Å²) in [4.78, 5) is 13.5. The van der Waals surface area contributed by atoms with Crippen LogP contribution in [0.3, 0.4) is 0 Å². The van der Waals surface area contributed by atoms with Gasteiger partial charge in [0.05, 0.1) is 12.1 Å². The molecule has 0 bridgehead atoms. The van der Waals surface area contributed by atoms with Gasteiger partial charge in [0.2, 0.25) is 5.91 Å². The lowest BCUT2D eigenvalue weighted by molar-refractivity contribution is -0.120. The molecule has 1 aliphatic heterocycles. The second-order valence-electron chi connectivity index (χ2n) is 5.49. The highest BCUT2D eigenvalue weighted by atomic mass is 16.5. The van der Waals surface area contributed by atoms with Gasteiger partial charge < -0.3 is 20.7 Å². The van der Waals surface area contributed by atoms with E-state index in [0.717, 1.165) is 19.6 Å². The van der Waals surface area contributed by atoms with Gasteiger partial charge in [0.15, 0.2) is 0 Å². The number of carbonyl (C=O) groups is 1. The fraction of sp³-hybridized carbons (Fsp3) is 0.923. The van der Waals surface area contributed by atoms with Gasteiger partial charge in [-0.15, -0.1) is 0 Å². The van der Waals surface area contributed by atoms with Gasteiger partial charge in [-0.25, -0.2) is 0 Å². The number of hydrogen-bond acceptors (Lipinski definition) is 4. The minimum atomic E-state index is -0.293. The third-order valence-electron chi connectivity index (χ3n) is 3.16. The predicted octanol–water partition coefficient (Wildman–Crippen LogP) is 0.339. The summed E-state index contributed by atoms with van der Waals surface area (Å²) in [6.07, 6.45) is 3.82. The van der Waals surface area contributed by atoms with Crippen molar-refractivity contribution in [2.75, 3.05) is 26.7 Å². The first-order chi connectivity index (χ1) is 8.49. The van der Waals surface area contributed by atoms with Crippen molar-refractivity contribution in [2.45, 2.75) is 51.3 Å². The third-order valence-corrected chi connectivity index (χ3v) is 3.16. The zero-order chi connectivity index (χ0) is 13.5. The number of rotatable bonds is 7. The molecule has 1 fully saturated rings. The number of hydrogen-bond donors (Lipinski definition) is 2. The van der Waals surface area contributed by atoms with Gasteiger partial charge in [-0.2, -0.15) is 0 Å². The van der Waals surface area contributed by atoms with E-state index in [2.05, 4.69) is 10.2 Å². The maximum atomic E-state index is 11.4. The van der Waals surface area contributed by atoms with Crippen molar-refractivity contribution in [2.24, 2.45) is 5.73 Å². The average Bonchev–Trinajstić information content (AvgIpc) is 2.28. The topological polar surface area (TPSA) is 67.6 Å². The van der Waals surface area contributed by atoms with Crippen LogP contribution >= 0.6 is 0 Å². The minimum Gasteiger partial charge on any atom is -0.377 e. The Hall–Kier alpha value is -0.650. The summed E-state index contributed by atoms with van der Waals surface area (Å²) in [6, 6.07) is -0.0413. The van der Waals surface area contributed by atoms with Crippen molar-refractivity contribution < 1.29 is 9.53 Å². The number of likely N-dealkylation sites (N-methyl/N-ethyl adjacent to an activating group) is 1. The SMILES string of the molecule is CC(C)NC(CN(C)CC1CCCCO1)C(N)=O. The van der Waals surface area contributed by atoms with Crippen molar-refractivity contribution >= 4 is 5.91 Å². The standard InChI is InChI=1S/C13H27N3O2/c1-10(2)15-12(13(14)17)9-16(3)8-11-6-4-5-7-18-11/h10-12,15H,4-9H2,1-3H3,(H2,14,17). The van der Waals surface area contributed by atoms with Crippen LogP contribution in [0.1, 0.15) is 33.1 Å².